The first kappa shape index (κ1) is 17.8. The predicted octanol–water partition coefficient (Wildman–Crippen LogP) is 2.71. The predicted molar refractivity (Wildman–Crippen MR) is 103 cm³/mol. The topological polar surface area (TPSA) is 84.9 Å². The summed E-state index contributed by atoms with van der Waals surface area (Å²) in [6.07, 6.45) is -0.898. The number of hydrogen-bond acceptors (Lipinski definition) is 4. The lowest BCUT2D eigenvalue weighted by atomic mass is 10.2. The number of carbonyl (C=O) groups excluding carboxylic acids is 2. The van der Waals surface area contributed by atoms with E-state index in [1.54, 1.807) is 48.5 Å². The van der Waals surface area contributed by atoms with Crippen LogP contribution in [0.2, 0.25) is 0 Å². The standard InChI is InChI=1S/C18H18N4O3S/c23-15-11-21(16(24)19-13-7-3-1-4-8-13)18(26)22(12-15)17(25)20-14-9-5-2-6-10-14/h1-10,15,23H,11-12H2,(H,19,24)(H,20,25). The van der Waals surface area contributed by atoms with Gasteiger partial charge in [0, 0.05) is 11.4 Å². The Kier molecular flexibility index (Phi) is 5.45. The van der Waals surface area contributed by atoms with Crippen molar-refractivity contribution in [1.29, 1.82) is 0 Å². The summed E-state index contributed by atoms with van der Waals surface area (Å²) in [5, 5.41) is 15.5. The molecule has 134 valence electrons. The van der Waals surface area contributed by atoms with Gasteiger partial charge < -0.3 is 15.7 Å². The van der Waals surface area contributed by atoms with Gasteiger partial charge in [-0.25, -0.2) is 9.59 Å². The minimum absolute atomic E-state index is 0.0205. The molecule has 8 heteroatoms. The van der Waals surface area contributed by atoms with E-state index in [4.69, 9.17) is 12.2 Å². The zero-order valence-electron chi connectivity index (χ0n) is 13.8. The molecule has 1 heterocycles. The highest BCUT2D eigenvalue weighted by Gasteiger charge is 2.35. The van der Waals surface area contributed by atoms with Crippen LogP contribution < -0.4 is 10.6 Å². The average Bonchev–Trinajstić information content (AvgIpc) is 2.65. The van der Waals surface area contributed by atoms with Crippen LogP contribution in [0.4, 0.5) is 21.0 Å². The third kappa shape index (κ3) is 4.16. The molecule has 3 N–H and O–H groups in total. The molecule has 26 heavy (non-hydrogen) atoms. The molecule has 2 aromatic rings. The Morgan fingerprint density at radius 3 is 1.62 bits per heavy atom. The summed E-state index contributed by atoms with van der Waals surface area (Å²) in [5.74, 6) is 0. The Bertz CT molecular complexity index is 735. The van der Waals surface area contributed by atoms with E-state index in [1.807, 2.05) is 12.1 Å². The van der Waals surface area contributed by atoms with Gasteiger partial charge in [0.15, 0.2) is 5.11 Å². The van der Waals surface area contributed by atoms with Crippen LogP contribution in [0.1, 0.15) is 0 Å². The van der Waals surface area contributed by atoms with Crippen LogP contribution in [0, 0.1) is 0 Å². The molecule has 0 spiro atoms. The molecule has 1 aliphatic rings. The van der Waals surface area contributed by atoms with Gasteiger partial charge in [-0.15, -0.1) is 0 Å². The van der Waals surface area contributed by atoms with Crippen LogP contribution in [0.25, 0.3) is 0 Å². The van der Waals surface area contributed by atoms with Gasteiger partial charge in [0.05, 0.1) is 19.2 Å². The van der Waals surface area contributed by atoms with E-state index in [1.165, 1.54) is 9.80 Å². The van der Waals surface area contributed by atoms with Crippen molar-refractivity contribution in [2.75, 3.05) is 23.7 Å². The molecule has 0 aromatic heterocycles. The maximum atomic E-state index is 12.5. The van der Waals surface area contributed by atoms with Crippen LogP contribution in [0.3, 0.4) is 0 Å². The number of benzene rings is 2. The first-order chi connectivity index (χ1) is 12.5. The first-order valence-electron chi connectivity index (χ1n) is 8.04. The van der Waals surface area contributed by atoms with E-state index in [2.05, 4.69) is 10.6 Å². The highest BCUT2D eigenvalue weighted by molar-refractivity contribution is 7.80. The van der Waals surface area contributed by atoms with Crippen molar-refractivity contribution in [1.82, 2.24) is 9.80 Å². The monoisotopic (exact) mass is 370 g/mol. The normalized spacial score (nSPS) is 14.9. The Hall–Kier alpha value is -2.97. The molecular formula is C18H18N4O3S. The molecule has 1 fully saturated rings. The number of aliphatic hydroxyl groups excluding tert-OH is 1. The van der Waals surface area contributed by atoms with Gasteiger partial charge in [-0.1, -0.05) is 36.4 Å². The number of carbonyl (C=O) groups is 2. The minimum atomic E-state index is -0.898. The summed E-state index contributed by atoms with van der Waals surface area (Å²) in [5.41, 5.74) is 1.20. The van der Waals surface area contributed by atoms with Gasteiger partial charge in [-0.3, -0.25) is 9.80 Å². The zero-order chi connectivity index (χ0) is 18.5. The quantitative estimate of drug-likeness (QED) is 0.710. The summed E-state index contributed by atoms with van der Waals surface area (Å²) in [4.78, 5) is 27.4. The maximum absolute atomic E-state index is 12.5. The summed E-state index contributed by atoms with van der Waals surface area (Å²) in [6, 6.07) is 16.8. The second-order valence-electron chi connectivity index (χ2n) is 5.75. The molecule has 0 aliphatic carbocycles. The van der Waals surface area contributed by atoms with Gasteiger partial charge in [0.2, 0.25) is 0 Å². The largest absolute Gasteiger partial charge is 0.389 e. The average molecular weight is 370 g/mol. The van der Waals surface area contributed by atoms with Crippen molar-refractivity contribution in [3.8, 4) is 0 Å². The summed E-state index contributed by atoms with van der Waals surface area (Å²) >= 11 is 5.31. The molecule has 0 radical (unpaired) electrons. The molecule has 2 aromatic carbocycles. The molecule has 0 unspecified atom stereocenters. The molecule has 4 amide bonds. The zero-order valence-corrected chi connectivity index (χ0v) is 14.6. The van der Waals surface area contributed by atoms with E-state index in [9.17, 15) is 14.7 Å². The summed E-state index contributed by atoms with van der Waals surface area (Å²) in [6.45, 7) is 0.0409. The van der Waals surface area contributed by atoms with Gasteiger partial charge in [0.1, 0.15) is 0 Å². The third-order valence-corrected chi connectivity index (χ3v) is 4.23. The first-order valence-corrected chi connectivity index (χ1v) is 8.44. The Morgan fingerprint density at radius 1 is 0.846 bits per heavy atom. The van der Waals surface area contributed by atoms with Crippen molar-refractivity contribution < 1.29 is 14.7 Å². The highest BCUT2D eigenvalue weighted by Crippen LogP contribution is 2.16. The van der Waals surface area contributed by atoms with Crippen LogP contribution in [0.15, 0.2) is 60.7 Å². The van der Waals surface area contributed by atoms with Crippen LogP contribution >= 0.6 is 12.2 Å². The number of nitrogens with one attached hydrogen (secondary N) is 2. The van der Waals surface area contributed by atoms with E-state index in [0.717, 1.165) is 0 Å². The van der Waals surface area contributed by atoms with Crippen molar-refractivity contribution in [3.05, 3.63) is 60.7 Å². The maximum Gasteiger partial charge on any atom is 0.328 e. The van der Waals surface area contributed by atoms with Gasteiger partial charge in [0.25, 0.3) is 0 Å². The van der Waals surface area contributed by atoms with Gasteiger partial charge >= 0.3 is 12.1 Å². The SMILES string of the molecule is O=C(Nc1ccccc1)N1CC(O)CN(C(=O)Nc2ccccc2)C1=S. The molecule has 1 aliphatic heterocycles. The van der Waals surface area contributed by atoms with Crippen molar-refractivity contribution in [3.63, 3.8) is 0 Å². The van der Waals surface area contributed by atoms with Gasteiger partial charge in [-0.05, 0) is 36.5 Å². The molecule has 0 atom stereocenters. The molecule has 1 saturated heterocycles. The van der Waals surface area contributed by atoms with E-state index >= 15 is 0 Å². The molecule has 3 rings (SSSR count). The number of urea groups is 2. The Balaban J connectivity index is 1.71. The third-order valence-electron chi connectivity index (χ3n) is 3.79. The number of aliphatic hydroxyl groups is 1. The van der Waals surface area contributed by atoms with E-state index in [-0.39, 0.29) is 18.2 Å². The summed E-state index contributed by atoms with van der Waals surface area (Å²) < 4.78 is 0. The molecular weight excluding hydrogens is 352 g/mol. The molecule has 0 bridgehead atoms. The van der Waals surface area contributed by atoms with Crippen molar-refractivity contribution in [2.24, 2.45) is 0 Å². The number of nitrogens with zero attached hydrogens (tertiary/aromatic N) is 2. The second kappa shape index (κ2) is 7.94. The van der Waals surface area contributed by atoms with Gasteiger partial charge in [-0.2, -0.15) is 0 Å². The Morgan fingerprint density at radius 2 is 1.23 bits per heavy atom. The number of rotatable bonds is 2. The second-order valence-corrected chi connectivity index (χ2v) is 6.12. The highest BCUT2D eigenvalue weighted by atomic mass is 32.1. The lowest BCUT2D eigenvalue weighted by Gasteiger charge is -2.38. The summed E-state index contributed by atoms with van der Waals surface area (Å²) in [7, 11) is 0. The smallest absolute Gasteiger partial charge is 0.328 e. The number of hydrogen-bond donors (Lipinski definition) is 3. The van der Waals surface area contributed by atoms with Crippen LogP contribution in [-0.2, 0) is 0 Å². The van der Waals surface area contributed by atoms with Crippen LogP contribution in [-0.4, -0.2) is 51.3 Å². The number of amides is 4. The van der Waals surface area contributed by atoms with Crippen molar-refractivity contribution >= 4 is 40.8 Å². The van der Waals surface area contributed by atoms with E-state index < -0.39 is 18.2 Å². The number of thiocarbonyl (C=S) groups is 1. The molecule has 0 saturated carbocycles. The lowest BCUT2D eigenvalue weighted by Crippen LogP contribution is -2.60. The fourth-order valence-corrected chi connectivity index (χ4v) is 2.86. The lowest BCUT2D eigenvalue weighted by molar-refractivity contribution is 0.103. The minimum Gasteiger partial charge on any atom is -0.389 e. The number of β-amino-alcohol motifs (C(OH)–C–C–N with tert-alkyl or cyclic N) is 1. The number of anilines is 2. The van der Waals surface area contributed by atoms with Crippen LogP contribution in [0.5, 0.6) is 0 Å². The Labute approximate surface area is 156 Å². The molecule has 7 nitrogen and oxygen atoms in total. The fourth-order valence-electron chi connectivity index (χ4n) is 2.55. The van der Waals surface area contributed by atoms with Crippen molar-refractivity contribution in [2.45, 2.75) is 6.10 Å². The van der Waals surface area contributed by atoms with E-state index in [0.29, 0.717) is 11.4 Å². The fraction of sp³-hybridized carbons (Fsp3) is 0.167. The number of para-hydroxylation sites is 2.